The smallest absolute Gasteiger partial charge is 0.264 e. The van der Waals surface area contributed by atoms with Crippen LogP contribution in [0.1, 0.15) is 38.7 Å². The second kappa shape index (κ2) is 15.8. The highest BCUT2D eigenvalue weighted by Crippen LogP contribution is 2.32. The van der Waals surface area contributed by atoms with Crippen LogP contribution in [-0.4, -0.2) is 65.0 Å². The van der Waals surface area contributed by atoms with Gasteiger partial charge in [0.25, 0.3) is 10.0 Å². The van der Waals surface area contributed by atoms with Gasteiger partial charge in [-0.15, -0.1) is 0 Å². The van der Waals surface area contributed by atoms with Crippen LogP contribution < -0.4 is 19.1 Å². The lowest BCUT2D eigenvalue weighted by atomic mass is 10.1. The van der Waals surface area contributed by atoms with Crippen molar-refractivity contribution in [1.29, 1.82) is 0 Å². The first-order valence-electron chi connectivity index (χ1n) is 14.2. The minimum absolute atomic E-state index is 0.0583. The molecular weight excluding hydrogens is 554 g/mol. The lowest BCUT2D eigenvalue weighted by Gasteiger charge is -2.33. The molecule has 10 heteroatoms. The summed E-state index contributed by atoms with van der Waals surface area (Å²) in [5, 5.41) is 2.94. The number of carbonyl (C=O) groups excluding carboxylic acids is 2. The summed E-state index contributed by atoms with van der Waals surface area (Å²) in [5.41, 5.74) is 1.33. The second-order valence-electron chi connectivity index (χ2n) is 9.76. The molecule has 0 aliphatic carbocycles. The summed E-state index contributed by atoms with van der Waals surface area (Å²) >= 11 is 0. The van der Waals surface area contributed by atoms with Crippen molar-refractivity contribution in [2.45, 2.75) is 50.5 Å². The van der Waals surface area contributed by atoms with Crippen LogP contribution in [0.15, 0.2) is 83.8 Å². The van der Waals surface area contributed by atoms with Crippen LogP contribution in [0.4, 0.5) is 5.69 Å². The number of anilines is 1. The molecule has 0 saturated heterocycles. The van der Waals surface area contributed by atoms with Crippen molar-refractivity contribution in [2.75, 3.05) is 38.2 Å². The molecule has 0 aliphatic rings. The van der Waals surface area contributed by atoms with Crippen LogP contribution >= 0.6 is 0 Å². The van der Waals surface area contributed by atoms with E-state index in [4.69, 9.17) is 9.47 Å². The van der Waals surface area contributed by atoms with Crippen molar-refractivity contribution in [3.05, 3.63) is 84.4 Å². The maximum Gasteiger partial charge on any atom is 0.264 e. The fourth-order valence-electron chi connectivity index (χ4n) is 4.63. The van der Waals surface area contributed by atoms with Crippen molar-refractivity contribution >= 4 is 27.5 Å². The van der Waals surface area contributed by atoms with E-state index in [1.54, 1.807) is 30.3 Å². The molecule has 0 aromatic heterocycles. The predicted molar refractivity (Wildman–Crippen MR) is 164 cm³/mol. The number of rotatable bonds is 16. The van der Waals surface area contributed by atoms with Gasteiger partial charge < -0.3 is 19.7 Å². The zero-order valence-electron chi connectivity index (χ0n) is 24.8. The molecule has 226 valence electrons. The van der Waals surface area contributed by atoms with Gasteiger partial charge in [-0.05, 0) is 49.1 Å². The van der Waals surface area contributed by atoms with Gasteiger partial charge in [0.1, 0.15) is 12.6 Å². The Morgan fingerprint density at radius 2 is 1.52 bits per heavy atom. The third kappa shape index (κ3) is 8.25. The minimum atomic E-state index is -4.23. The summed E-state index contributed by atoms with van der Waals surface area (Å²) in [5.74, 6) is -0.0966. The third-order valence-corrected chi connectivity index (χ3v) is 8.74. The molecule has 0 aliphatic heterocycles. The van der Waals surface area contributed by atoms with E-state index >= 15 is 0 Å². The van der Waals surface area contributed by atoms with Gasteiger partial charge in [0.2, 0.25) is 11.8 Å². The lowest BCUT2D eigenvalue weighted by molar-refractivity contribution is -0.139. The highest BCUT2D eigenvalue weighted by molar-refractivity contribution is 7.92. The Morgan fingerprint density at radius 1 is 0.881 bits per heavy atom. The standard InChI is InChI=1S/C32H41N3O6S/c1-5-7-21-33-32(37)28(6-2)34(22-20-25-14-10-8-11-15-25)31(36)24-35(26-16-12-9-13-17-26)42(38,39)27-18-19-29(40-3)30(23-27)41-4/h8-19,23,28H,5-7,20-22,24H2,1-4H3,(H,33,37)/t28-/m1/s1. The number of sulfonamides is 1. The number of unbranched alkanes of at least 4 members (excludes halogenated alkanes) is 1. The van der Waals surface area contributed by atoms with Gasteiger partial charge in [0.05, 0.1) is 24.8 Å². The van der Waals surface area contributed by atoms with Crippen molar-refractivity contribution in [1.82, 2.24) is 10.2 Å². The van der Waals surface area contributed by atoms with E-state index in [1.807, 2.05) is 44.2 Å². The Bertz CT molecular complexity index is 1400. The van der Waals surface area contributed by atoms with Gasteiger partial charge in [0.15, 0.2) is 11.5 Å². The fourth-order valence-corrected chi connectivity index (χ4v) is 6.06. The molecule has 0 heterocycles. The van der Waals surface area contributed by atoms with E-state index in [-0.39, 0.29) is 23.1 Å². The summed E-state index contributed by atoms with van der Waals surface area (Å²) in [6.07, 6.45) is 2.64. The number of amides is 2. The molecule has 0 radical (unpaired) electrons. The Morgan fingerprint density at radius 3 is 2.12 bits per heavy atom. The molecule has 3 aromatic carbocycles. The van der Waals surface area contributed by atoms with E-state index in [0.717, 1.165) is 22.7 Å². The molecule has 0 unspecified atom stereocenters. The first kappa shape index (κ1) is 32.5. The maximum absolute atomic E-state index is 14.1. The van der Waals surface area contributed by atoms with E-state index in [0.29, 0.717) is 30.8 Å². The van der Waals surface area contributed by atoms with Gasteiger partial charge in [-0.25, -0.2) is 8.42 Å². The molecule has 0 saturated carbocycles. The first-order valence-corrected chi connectivity index (χ1v) is 15.6. The molecule has 3 rings (SSSR count). The minimum Gasteiger partial charge on any atom is -0.493 e. The normalized spacial score (nSPS) is 11.8. The molecule has 0 bridgehead atoms. The number of carbonyl (C=O) groups is 2. The first-order chi connectivity index (χ1) is 20.3. The van der Waals surface area contributed by atoms with E-state index in [2.05, 4.69) is 5.32 Å². The number of nitrogens with zero attached hydrogens (tertiary/aromatic N) is 2. The zero-order valence-corrected chi connectivity index (χ0v) is 25.6. The Labute approximate surface area is 249 Å². The summed E-state index contributed by atoms with van der Waals surface area (Å²) in [6.45, 7) is 4.16. The molecule has 0 spiro atoms. The Kier molecular flexibility index (Phi) is 12.2. The Balaban J connectivity index is 2.00. The summed E-state index contributed by atoms with van der Waals surface area (Å²) in [6, 6.07) is 21.7. The van der Waals surface area contributed by atoms with Crippen LogP contribution in [0, 0.1) is 0 Å². The average molecular weight is 596 g/mol. The number of ether oxygens (including phenoxy) is 2. The summed E-state index contributed by atoms with van der Waals surface area (Å²) < 4.78 is 39.8. The number of benzene rings is 3. The van der Waals surface area contributed by atoms with Crippen LogP contribution in [0.5, 0.6) is 11.5 Å². The highest BCUT2D eigenvalue weighted by atomic mass is 32.2. The lowest BCUT2D eigenvalue weighted by Crippen LogP contribution is -2.53. The average Bonchev–Trinajstić information content (AvgIpc) is 3.02. The van der Waals surface area contributed by atoms with Gasteiger partial charge in [-0.2, -0.15) is 0 Å². The summed E-state index contributed by atoms with van der Waals surface area (Å²) in [7, 11) is -1.34. The van der Waals surface area contributed by atoms with Crippen molar-refractivity contribution in [2.24, 2.45) is 0 Å². The third-order valence-electron chi connectivity index (χ3n) is 6.97. The molecule has 42 heavy (non-hydrogen) atoms. The van der Waals surface area contributed by atoms with Crippen molar-refractivity contribution < 1.29 is 27.5 Å². The van der Waals surface area contributed by atoms with E-state index in [9.17, 15) is 18.0 Å². The maximum atomic E-state index is 14.1. The molecule has 1 N–H and O–H groups in total. The van der Waals surface area contributed by atoms with E-state index in [1.165, 1.54) is 37.3 Å². The summed E-state index contributed by atoms with van der Waals surface area (Å²) in [4.78, 5) is 28.8. The Hall–Kier alpha value is -4.05. The topological polar surface area (TPSA) is 105 Å². The molecule has 2 amide bonds. The van der Waals surface area contributed by atoms with Gasteiger partial charge >= 0.3 is 0 Å². The zero-order chi connectivity index (χ0) is 30.5. The fraction of sp³-hybridized carbons (Fsp3) is 0.375. The van der Waals surface area contributed by atoms with Crippen molar-refractivity contribution in [3.8, 4) is 11.5 Å². The molecule has 1 atom stereocenters. The molecule has 0 fully saturated rings. The van der Waals surface area contributed by atoms with Crippen molar-refractivity contribution in [3.63, 3.8) is 0 Å². The monoisotopic (exact) mass is 595 g/mol. The largest absolute Gasteiger partial charge is 0.493 e. The number of methoxy groups -OCH3 is 2. The van der Waals surface area contributed by atoms with Crippen LogP contribution in [-0.2, 0) is 26.0 Å². The van der Waals surface area contributed by atoms with E-state index < -0.39 is 28.5 Å². The second-order valence-corrected chi connectivity index (χ2v) is 11.6. The SMILES string of the molecule is CCCCNC(=O)[C@@H](CC)N(CCc1ccccc1)C(=O)CN(c1ccccc1)S(=O)(=O)c1ccc(OC)c(OC)c1. The highest BCUT2D eigenvalue weighted by Gasteiger charge is 2.33. The number of para-hydroxylation sites is 1. The number of hydrogen-bond acceptors (Lipinski definition) is 6. The quantitative estimate of drug-likeness (QED) is 0.242. The van der Waals surface area contributed by atoms with Gasteiger partial charge in [-0.1, -0.05) is 68.8 Å². The number of nitrogens with one attached hydrogen (secondary N) is 1. The molecule has 9 nitrogen and oxygen atoms in total. The number of hydrogen-bond donors (Lipinski definition) is 1. The predicted octanol–water partition coefficient (Wildman–Crippen LogP) is 4.67. The van der Waals surface area contributed by atoms with Crippen LogP contribution in [0.25, 0.3) is 0 Å². The molecular formula is C32H41N3O6S. The van der Waals surface area contributed by atoms with Crippen LogP contribution in [0.2, 0.25) is 0 Å². The van der Waals surface area contributed by atoms with Crippen LogP contribution in [0.3, 0.4) is 0 Å². The van der Waals surface area contributed by atoms with Gasteiger partial charge in [-0.3, -0.25) is 13.9 Å². The molecule has 3 aromatic rings. The van der Waals surface area contributed by atoms with Gasteiger partial charge in [0, 0.05) is 19.2 Å².